The molecule has 3 fully saturated rings. The van der Waals surface area contributed by atoms with E-state index in [2.05, 4.69) is 0 Å². The molecule has 0 saturated carbocycles. The van der Waals surface area contributed by atoms with E-state index < -0.39 is 17.9 Å². The molecule has 0 spiro atoms. The molecule has 3 aliphatic rings. The second kappa shape index (κ2) is 6.30. The Kier molecular flexibility index (Phi) is 4.38. The van der Waals surface area contributed by atoms with Crippen molar-refractivity contribution in [2.45, 2.75) is 76.6 Å². The Hall–Kier alpha value is -1.02. The Balaban J connectivity index is 1.47. The number of benzene rings is 1. The van der Waals surface area contributed by atoms with Gasteiger partial charge in [-0.25, -0.2) is 0 Å². The molecular weight excluding hydrogens is 324 g/mol. The van der Waals surface area contributed by atoms with Crippen molar-refractivity contribution in [1.82, 2.24) is 0 Å². The van der Waals surface area contributed by atoms with Crippen LogP contribution >= 0.6 is 0 Å². The number of fused-ring (bicyclic) bond motifs is 1. The Bertz CT molecular complexity index is 601. The van der Waals surface area contributed by atoms with Crippen molar-refractivity contribution in [1.29, 1.82) is 0 Å². The zero-order chi connectivity index (χ0) is 17.7. The van der Waals surface area contributed by atoms with Gasteiger partial charge in [0.15, 0.2) is 17.9 Å². The molecule has 0 unspecified atom stereocenters. The fourth-order valence-corrected chi connectivity index (χ4v) is 3.65. The zero-order valence-electron chi connectivity index (χ0n) is 15.1. The van der Waals surface area contributed by atoms with Crippen LogP contribution in [0.3, 0.4) is 0 Å². The number of hydrogen-bond donors (Lipinski definition) is 0. The van der Waals surface area contributed by atoms with E-state index in [0.717, 1.165) is 5.56 Å². The van der Waals surface area contributed by atoms with Gasteiger partial charge in [0.1, 0.15) is 24.4 Å². The van der Waals surface area contributed by atoms with Crippen molar-refractivity contribution < 1.29 is 28.4 Å². The van der Waals surface area contributed by atoms with E-state index in [1.54, 1.807) is 0 Å². The van der Waals surface area contributed by atoms with E-state index in [9.17, 15) is 0 Å². The first-order chi connectivity index (χ1) is 11.8. The van der Waals surface area contributed by atoms with Gasteiger partial charge in [-0.3, -0.25) is 0 Å². The SMILES string of the molecule is CC1(C)O[C@@H]2[C@H](O1)[C@H](OCc1ccccc1)O[C@@H]2[C@H]1COC(C)(C)O1. The van der Waals surface area contributed by atoms with Crippen LogP contribution in [-0.2, 0) is 35.0 Å². The number of ether oxygens (including phenoxy) is 6. The molecule has 6 heteroatoms. The topological polar surface area (TPSA) is 55.4 Å². The van der Waals surface area contributed by atoms with Gasteiger partial charge in [0.05, 0.1) is 13.2 Å². The summed E-state index contributed by atoms with van der Waals surface area (Å²) < 4.78 is 36.0. The van der Waals surface area contributed by atoms with E-state index in [-0.39, 0.29) is 24.4 Å². The second-order valence-corrected chi connectivity index (χ2v) is 7.70. The Labute approximate surface area is 148 Å². The lowest BCUT2D eigenvalue weighted by Gasteiger charge is -2.27. The Morgan fingerprint density at radius 3 is 2.32 bits per heavy atom. The average molecular weight is 350 g/mol. The van der Waals surface area contributed by atoms with Crippen LogP contribution in [0.1, 0.15) is 33.3 Å². The van der Waals surface area contributed by atoms with Crippen molar-refractivity contribution >= 4 is 0 Å². The lowest BCUT2D eigenvalue weighted by atomic mass is 10.1. The minimum Gasteiger partial charge on any atom is -0.348 e. The van der Waals surface area contributed by atoms with Crippen LogP contribution in [0.25, 0.3) is 0 Å². The van der Waals surface area contributed by atoms with Crippen molar-refractivity contribution in [2.75, 3.05) is 6.61 Å². The summed E-state index contributed by atoms with van der Waals surface area (Å²) in [5.74, 6) is -1.28. The quantitative estimate of drug-likeness (QED) is 0.832. The summed E-state index contributed by atoms with van der Waals surface area (Å²) in [4.78, 5) is 0. The maximum absolute atomic E-state index is 6.14. The molecule has 5 atom stereocenters. The van der Waals surface area contributed by atoms with Gasteiger partial charge in [-0.2, -0.15) is 0 Å². The van der Waals surface area contributed by atoms with Crippen molar-refractivity contribution in [3.63, 3.8) is 0 Å². The highest BCUT2D eigenvalue weighted by molar-refractivity contribution is 5.13. The number of rotatable bonds is 4. The normalized spacial score (nSPS) is 38.8. The Morgan fingerprint density at radius 1 is 0.920 bits per heavy atom. The summed E-state index contributed by atoms with van der Waals surface area (Å²) in [5, 5.41) is 0. The molecule has 6 nitrogen and oxygen atoms in total. The highest BCUT2D eigenvalue weighted by Crippen LogP contribution is 2.42. The lowest BCUT2D eigenvalue weighted by Crippen LogP contribution is -2.40. The van der Waals surface area contributed by atoms with Gasteiger partial charge in [0.2, 0.25) is 0 Å². The molecule has 0 bridgehead atoms. The lowest BCUT2D eigenvalue weighted by molar-refractivity contribution is -0.250. The minimum atomic E-state index is -0.666. The van der Waals surface area contributed by atoms with Crippen molar-refractivity contribution in [2.24, 2.45) is 0 Å². The van der Waals surface area contributed by atoms with Gasteiger partial charge >= 0.3 is 0 Å². The molecule has 0 amide bonds. The van der Waals surface area contributed by atoms with Gasteiger partial charge in [-0.15, -0.1) is 0 Å². The monoisotopic (exact) mass is 350 g/mol. The molecule has 0 radical (unpaired) electrons. The van der Waals surface area contributed by atoms with Crippen LogP contribution in [0.4, 0.5) is 0 Å². The van der Waals surface area contributed by atoms with Crippen molar-refractivity contribution in [3.8, 4) is 0 Å². The van der Waals surface area contributed by atoms with E-state index in [1.165, 1.54) is 0 Å². The van der Waals surface area contributed by atoms with E-state index in [1.807, 2.05) is 58.0 Å². The molecule has 25 heavy (non-hydrogen) atoms. The molecule has 1 aromatic carbocycles. The summed E-state index contributed by atoms with van der Waals surface area (Å²) in [5.41, 5.74) is 1.09. The van der Waals surface area contributed by atoms with Crippen LogP contribution in [0.2, 0.25) is 0 Å². The first-order valence-corrected chi connectivity index (χ1v) is 8.81. The van der Waals surface area contributed by atoms with Gasteiger partial charge < -0.3 is 28.4 Å². The third-order valence-corrected chi connectivity index (χ3v) is 4.70. The largest absolute Gasteiger partial charge is 0.348 e. The predicted molar refractivity (Wildman–Crippen MR) is 88.6 cm³/mol. The molecule has 3 saturated heterocycles. The molecule has 3 heterocycles. The summed E-state index contributed by atoms with van der Waals surface area (Å²) in [7, 11) is 0. The molecule has 1 aromatic rings. The molecule has 3 aliphatic heterocycles. The summed E-state index contributed by atoms with van der Waals surface area (Å²) in [6.45, 7) is 8.55. The molecule has 4 rings (SSSR count). The van der Waals surface area contributed by atoms with Gasteiger partial charge in [-0.1, -0.05) is 30.3 Å². The summed E-state index contributed by atoms with van der Waals surface area (Å²) in [6, 6.07) is 10.0. The first-order valence-electron chi connectivity index (χ1n) is 8.81. The van der Waals surface area contributed by atoms with Crippen LogP contribution in [0.15, 0.2) is 30.3 Å². The predicted octanol–water partition coefficient (Wildman–Crippen LogP) is 2.60. The smallest absolute Gasteiger partial charge is 0.187 e. The maximum Gasteiger partial charge on any atom is 0.187 e. The fourth-order valence-electron chi connectivity index (χ4n) is 3.65. The zero-order valence-corrected chi connectivity index (χ0v) is 15.1. The third kappa shape index (κ3) is 3.60. The summed E-state index contributed by atoms with van der Waals surface area (Å²) >= 11 is 0. The standard InChI is InChI=1S/C19H26O6/c1-18(2)21-11-13(23-18)14-15-16(25-19(3,4)24-15)17(22-14)20-10-12-8-6-5-7-9-12/h5-9,13-17H,10-11H2,1-4H3/t13-,14-,15+,16+,17-/m1/s1. The fraction of sp³-hybridized carbons (Fsp3) is 0.684. The van der Waals surface area contributed by atoms with E-state index >= 15 is 0 Å². The molecular formula is C19H26O6. The maximum atomic E-state index is 6.14. The van der Waals surface area contributed by atoms with E-state index in [0.29, 0.717) is 13.2 Å². The van der Waals surface area contributed by atoms with Crippen LogP contribution in [-0.4, -0.2) is 48.9 Å². The third-order valence-electron chi connectivity index (χ3n) is 4.70. The molecule has 0 aromatic heterocycles. The average Bonchev–Trinajstić information content (AvgIpc) is 3.17. The highest BCUT2D eigenvalue weighted by Gasteiger charge is 2.59. The molecule has 138 valence electrons. The van der Waals surface area contributed by atoms with Crippen LogP contribution in [0, 0.1) is 0 Å². The first kappa shape index (κ1) is 17.4. The molecule has 0 N–H and O–H groups in total. The summed E-state index contributed by atoms with van der Waals surface area (Å²) in [6.07, 6.45) is -1.50. The Morgan fingerprint density at radius 2 is 1.64 bits per heavy atom. The number of hydrogen-bond acceptors (Lipinski definition) is 6. The van der Waals surface area contributed by atoms with Crippen LogP contribution < -0.4 is 0 Å². The molecule has 0 aliphatic carbocycles. The van der Waals surface area contributed by atoms with Gasteiger partial charge in [0, 0.05) is 0 Å². The highest BCUT2D eigenvalue weighted by atomic mass is 16.8. The second-order valence-electron chi connectivity index (χ2n) is 7.70. The van der Waals surface area contributed by atoms with Gasteiger partial charge in [-0.05, 0) is 33.3 Å². The minimum absolute atomic E-state index is 0.203. The van der Waals surface area contributed by atoms with Crippen molar-refractivity contribution in [3.05, 3.63) is 35.9 Å². The van der Waals surface area contributed by atoms with Gasteiger partial charge in [0.25, 0.3) is 0 Å². The van der Waals surface area contributed by atoms with Crippen LogP contribution in [0.5, 0.6) is 0 Å². The van der Waals surface area contributed by atoms with E-state index in [4.69, 9.17) is 28.4 Å².